The molecule has 2 fully saturated rings. The average molecular weight is 544 g/mol. The van der Waals surface area contributed by atoms with Gasteiger partial charge in [-0.25, -0.2) is 13.6 Å². The number of anilines is 2. The van der Waals surface area contributed by atoms with E-state index in [1.807, 2.05) is 41.0 Å². The van der Waals surface area contributed by atoms with Crippen LogP contribution in [-0.2, 0) is 16.4 Å². The van der Waals surface area contributed by atoms with Gasteiger partial charge in [0.1, 0.15) is 11.0 Å². The molecule has 5 rings (SSSR count). The molecule has 9 heteroatoms. The summed E-state index contributed by atoms with van der Waals surface area (Å²) in [5.74, 6) is 0.467. The number of hydrogen-bond donors (Lipinski definition) is 1. The standard InChI is InChI=1S/C30H33N5O3S/c1-21-15-22(2)26(17-25(21)16-23-19-35(20-23)27-8-4-3-7-24(27)18-31)30(36)34-13-11-33(12-14-34)28-9-5-6-10-29(28)39(32,37)38/h3-10,15,17,23H,11-14,16,19-20H2,1-2H3,(H2,32,37,38). The third kappa shape index (κ3) is 5.49. The highest BCUT2D eigenvalue weighted by molar-refractivity contribution is 7.89. The van der Waals surface area contributed by atoms with Crippen molar-refractivity contribution in [1.29, 1.82) is 5.26 Å². The molecule has 3 aromatic carbocycles. The zero-order valence-corrected chi connectivity index (χ0v) is 23.1. The molecular weight excluding hydrogens is 510 g/mol. The van der Waals surface area contributed by atoms with Crippen LogP contribution in [0.1, 0.15) is 32.6 Å². The summed E-state index contributed by atoms with van der Waals surface area (Å²) in [6, 6.07) is 20.9. The normalized spacial score (nSPS) is 16.1. The predicted octanol–water partition coefficient (Wildman–Crippen LogP) is 3.46. The van der Waals surface area contributed by atoms with Crippen molar-refractivity contribution >= 4 is 27.3 Å². The number of aryl methyl sites for hydroxylation is 2. The van der Waals surface area contributed by atoms with Gasteiger partial charge in [0.25, 0.3) is 5.91 Å². The average Bonchev–Trinajstić information content (AvgIpc) is 2.91. The van der Waals surface area contributed by atoms with Crippen LogP contribution in [0.4, 0.5) is 11.4 Å². The van der Waals surface area contributed by atoms with E-state index >= 15 is 0 Å². The molecular formula is C30H33N5O3S. The molecule has 0 spiro atoms. The topological polar surface area (TPSA) is 111 Å². The van der Waals surface area contributed by atoms with Crippen molar-refractivity contribution < 1.29 is 13.2 Å². The lowest BCUT2D eigenvalue weighted by atomic mass is 9.87. The van der Waals surface area contributed by atoms with E-state index in [1.54, 1.807) is 18.2 Å². The number of nitriles is 1. The summed E-state index contributed by atoms with van der Waals surface area (Å²) in [7, 11) is -3.84. The Morgan fingerprint density at radius 2 is 1.56 bits per heavy atom. The molecule has 39 heavy (non-hydrogen) atoms. The highest BCUT2D eigenvalue weighted by atomic mass is 32.2. The van der Waals surface area contributed by atoms with Crippen LogP contribution in [0.2, 0.25) is 0 Å². The summed E-state index contributed by atoms with van der Waals surface area (Å²) in [6.45, 7) is 7.89. The number of nitrogens with zero attached hydrogens (tertiary/aromatic N) is 4. The van der Waals surface area contributed by atoms with Crippen LogP contribution in [0.3, 0.4) is 0 Å². The number of benzene rings is 3. The van der Waals surface area contributed by atoms with E-state index in [-0.39, 0.29) is 10.8 Å². The SMILES string of the molecule is Cc1cc(C)c(C(=O)N2CCN(c3ccccc3S(N)(=O)=O)CC2)cc1CC1CN(c2ccccc2C#N)C1. The van der Waals surface area contributed by atoms with Gasteiger partial charge < -0.3 is 14.7 Å². The fourth-order valence-corrected chi connectivity index (χ4v) is 6.43. The Labute approximate surface area is 230 Å². The van der Waals surface area contributed by atoms with Crippen molar-refractivity contribution in [2.75, 3.05) is 49.1 Å². The first kappa shape index (κ1) is 26.7. The summed E-state index contributed by atoms with van der Waals surface area (Å²) in [5.41, 5.74) is 6.31. The lowest BCUT2D eigenvalue weighted by molar-refractivity contribution is 0.0745. The Hall–Kier alpha value is -3.87. The number of para-hydroxylation sites is 2. The molecule has 0 aliphatic carbocycles. The Morgan fingerprint density at radius 3 is 2.23 bits per heavy atom. The van der Waals surface area contributed by atoms with Gasteiger partial charge in [0, 0.05) is 44.8 Å². The summed E-state index contributed by atoms with van der Waals surface area (Å²) in [5, 5.41) is 14.8. The van der Waals surface area contributed by atoms with Crippen LogP contribution in [-0.4, -0.2) is 58.5 Å². The van der Waals surface area contributed by atoms with Gasteiger partial charge in [0.2, 0.25) is 10.0 Å². The molecule has 3 aromatic rings. The number of primary sulfonamides is 1. The van der Waals surface area contributed by atoms with E-state index in [1.165, 1.54) is 17.2 Å². The zero-order valence-electron chi connectivity index (χ0n) is 22.3. The van der Waals surface area contributed by atoms with Gasteiger partial charge in [-0.2, -0.15) is 5.26 Å². The molecule has 2 saturated heterocycles. The molecule has 2 heterocycles. The van der Waals surface area contributed by atoms with Gasteiger partial charge in [-0.15, -0.1) is 0 Å². The third-order valence-corrected chi connectivity index (χ3v) is 8.78. The Balaban J connectivity index is 1.25. The van der Waals surface area contributed by atoms with Crippen molar-refractivity contribution in [2.45, 2.75) is 25.2 Å². The van der Waals surface area contributed by atoms with Crippen LogP contribution in [0.25, 0.3) is 0 Å². The maximum atomic E-state index is 13.6. The van der Waals surface area contributed by atoms with Crippen LogP contribution in [0, 0.1) is 31.1 Å². The zero-order chi connectivity index (χ0) is 27.7. The molecule has 0 saturated carbocycles. The van der Waals surface area contributed by atoms with Crippen molar-refractivity contribution in [3.63, 3.8) is 0 Å². The van der Waals surface area contributed by atoms with Gasteiger partial charge in [-0.1, -0.05) is 30.3 Å². The molecule has 0 bridgehead atoms. The predicted molar refractivity (Wildman–Crippen MR) is 152 cm³/mol. The molecule has 8 nitrogen and oxygen atoms in total. The van der Waals surface area contributed by atoms with Gasteiger partial charge in [-0.05, 0) is 73.2 Å². The number of carbonyl (C=O) groups is 1. The van der Waals surface area contributed by atoms with Crippen molar-refractivity contribution in [1.82, 2.24) is 4.90 Å². The molecule has 2 N–H and O–H groups in total. The van der Waals surface area contributed by atoms with E-state index in [9.17, 15) is 18.5 Å². The molecule has 2 aliphatic rings. The molecule has 202 valence electrons. The second-order valence-electron chi connectivity index (χ2n) is 10.5. The number of nitrogens with two attached hydrogens (primary N) is 1. The fourth-order valence-electron chi connectivity index (χ4n) is 5.68. The van der Waals surface area contributed by atoms with Gasteiger partial charge in [0.05, 0.1) is 16.9 Å². The minimum atomic E-state index is -3.84. The van der Waals surface area contributed by atoms with Gasteiger partial charge in [-0.3, -0.25) is 4.79 Å². The summed E-state index contributed by atoms with van der Waals surface area (Å²) in [6.07, 6.45) is 0.885. The van der Waals surface area contributed by atoms with Crippen molar-refractivity contribution in [3.05, 3.63) is 88.5 Å². The number of rotatable bonds is 6. The van der Waals surface area contributed by atoms with Crippen molar-refractivity contribution in [3.8, 4) is 6.07 Å². The first-order valence-electron chi connectivity index (χ1n) is 13.2. The first-order chi connectivity index (χ1) is 18.7. The summed E-state index contributed by atoms with van der Waals surface area (Å²) in [4.78, 5) is 19.8. The Bertz CT molecular complexity index is 1550. The number of piperazine rings is 1. The maximum Gasteiger partial charge on any atom is 0.254 e. The van der Waals surface area contributed by atoms with E-state index < -0.39 is 10.0 Å². The van der Waals surface area contributed by atoms with Crippen LogP contribution in [0.15, 0.2) is 65.6 Å². The number of amides is 1. The minimum Gasteiger partial charge on any atom is -0.370 e. The number of hydrogen-bond acceptors (Lipinski definition) is 6. The molecule has 0 aromatic heterocycles. The minimum absolute atomic E-state index is 0.00585. The van der Waals surface area contributed by atoms with E-state index in [2.05, 4.69) is 30.0 Å². The van der Waals surface area contributed by atoms with E-state index in [4.69, 9.17) is 5.14 Å². The monoisotopic (exact) mass is 543 g/mol. The number of carbonyl (C=O) groups excluding carboxylic acids is 1. The summed E-state index contributed by atoms with van der Waals surface area (Å²) < 4.78 is 24.1. The summed E-state index contributed by atoms with van der Waals surface area (Å²) >= 11 is 0. The molecule has 0 unspecified atom stereocenters. The highest BCUT2D eigenvalue weighted by Gasteiger charge is 2.30. The molecule has 0 radical (unpaired) electrons. The lowest BCUT2D eigenvalue weighted by Crippen LogP contribution is -2.49. The van der Waals surface area contributed by atoms with Crippen LogP contribution in [0.5, 0.6) is 0 Å². The molecule has 1 amide bonds. The largest absolute Gasteiger partial charge is 0.370 e. The van der Waals surface area contributed by atoms with Crippen molar-refractivity contribution in [2.24, 2.45) is 11.1 Å². The molecule has 0 atom stereocenters. The Morgan fingerprint density at radius 1 is 0.923 bits per heavy atom. The smallest absolute Gasteiger partial charge is 0.254 e. The van der Waals surface area contributed by atoms with Crippen LogP contribution < -0.4 is 14.9 Å². The first-order valence-corrected chi connectivity index (χ1v) is 14.7. The third-order valence-electron chi connectivity index (χ3n) is 7.82. The van der Waals surface area contributed by atoms with Gasteiger partial charge >= 0.3 is 0 Å². The van der Waals surface area contributed by atoms with E-state index in [0.717, 1.165) is 36.3 Å². The van der Waals surface area contributed by atoms with Gasteiger partial charge in [0.15, 0.2) is 0 Å². The Kier molecular flexibility index (Phi) is 7.34. The second kappa shape index (κ2) is 10.7. The van der Waals surface area contributed by atoms with E-state index in [0.29, 0.717) is 43.3 Å². The maximum absolute atomic E-state index is 13.6. The fraction of sp³-hybridized carbons (Fsp3) is 0.333. The highest BCUT2D eigenvalue weighted by Crippen LogP contribution is 2.31. The van der Waals surface area contributed by atoms with Crippen LogP contribution >= 0.6 is 0 Å². The quantitative estimate of drug-likeness (QED) is 0.510. The lowest BCUT2D eigenvalue weighted by Gasteiger charge is -2.42. The number of sulfonamides is 1. The molecule has 2 aliphatic heterocycles. The second-order valence-corrected chi connectivity index (χ2v) is 12.0.